The van der Waals surface area contributed by atoms with Crippen molar-refractivity contribution >= 4 is 33.9 Å². The van der Waals surface area contributed by atoms with E-state index in [1.807, 2.05) is 43.5 Å². The summed E-state index contributed by atoms with van der Waals surface area (Å²) in [7, 11) is 2.11. The van der Waals surface area contributed by atoms with Crippen molar-refractivity contribution in [2.24, 2.45) is 5.92 Å². The molecule has 156 valence electrons. The normalized spacial score (nSPS) is 18.8. The van der Waals surface area contributed by atoms with E-state index in [4.69, 9.17) is 4.98 Å². The maximum absolute atomic E-state index is 11.6. The molecular formula is C23H27N5OS. The molecule has 4 rings (SSSR count). The minimum atomic E-state index is 0.240. The predicted octanol–water partition coefficient (Wildman–Crippen LogP) is 5.24. The molecule has 0 amide bonds. The van der Waals surface area contributed by atoms with E-state index in [1.54, 1.807) is 24.5 Å². The Labute approximate surface area is 181 Å². The Kier molecular flexibility index (Phi) is 6.08. The van der Waals surface area contributed by atoms with Crippen molar-refractivity contribution in [3.8, 4) is 10.6 Å². The van der Waals surface area contributed by atoms with Crippen molar-refractivity contribution in [1.82, 2.24) is 15.0 Å². The molecule has 7 heteroatoms. The van der Waals surface area contributed by atoms with Crippen molar-refractivity contribution in [2.45, 2.75) is 45.6 Å². The van der Waals surface area contributed by atoms with Gasteiger partial charge in [0.25, 0.3) is 0 Å². The Bertz CT molecular complexity index is 1030. The summed E-state index contributed by atoms with van der Waals surface area (Å²) in [5.41, 5.74) is 2.04. The Morgan fingerprint density at radius 2 is 1.93 bits per heavy atom. The first-order chi connectivity index (χ1) is 14.5. The highest BCUT2D eigenvalue weighted by Crippen LogP contribution is 2.35. The summed E-state index contributed by atoms with van der Waals surface area (Å²) in [6.07, 6.45) is 7.72. The average Bonchev–Trinajstić information content (AvgIpc) is 3.24. The van der Waals surface area contributed by atoms with Gasteiger partial charge in [0.2, 0.25) is 0 Å². The number of pyridine rings is 2. The second-order valence-corrected chi connectivity index (χ2v) is 8.99. The number of hydrogen-bond donors (Lipinski definition) is 1. The van der Waals surface area contributed by atoms with E-state index in [-0.39, 0.29) is 5.92 Å². The molecule has 0 spiro atoms. The second-order valence-electron chi connectivity index (χ2n) is 7.99. The van der Waals surface area contributed by atoms with E-state index in [0.29, 0.717) is 11.8 Å². The molecular weight excluding hydrogens is 394 g/mol. The summed E-state index contributed by atoms with van der Waals surface area (Å²) < 4.78 is 0. The summed E-state index contributed by atoms with van der Waals surface area (Å²) in [6.45, 7) is 3.76. The number of Topliss-reactive ketones (excluding diaryl/α,β-unsaturated/α-hetero) is 1. The minimum Gasteiger partial charge on any atom is -0.348 e. The van der Waals surface area contributed by atoms with Crippen LogP contribution in [0.5, 0.6) is 0 Å². The number of thiazole rings is 1. The topological polar surface area (TPSA) is 71.0 Å². The van der Waals surface area contributed by atoms with Gasteiger partial charge in [-0.1, -0.05) is 17.4 Å². The first kappa shape index (κ1) is 20.5. The zero-order valence-electron chi connectivity index (χ0n) is 17.6. The number of aromatic nitrogens is 3. The number of hydrogen-bond acceptors (Lipinski definition) is 7. The lowest BCUT2D eigenvalue weighted by atomic mass is 9.83. The van der Waals surface area contributed by atoms with Crippen molar-refractivity contribution in [1.29, 1.82) is 0 Å². The van der Waals surface area contributed by atoms with E-state index >= 15 is 0 Å². The highest BCUT2D eigenvalue weighted by Gasteiger charge is 2.27. The fraction of sp³-hybridized carbons (Fsp3) is 0.391. The molecule has 1 N–H and O–H groups in total. The largest absolute Gasteiger partial charge is 0.348 e. The fourth-order valence-corrected chi connectivity index (χ4v) is 4.87. The van der Waals surface area contributed by atoms with Gasteiger partial charge in [0.15, 0.2) is 5.13 Å². The summed E-state index contributed by atoms with van der Waals surface area (Å²) in [5, 5.41) is 4.27. The third-order valence-corrected chi connectivity index (χ3v) is 6.90. The molecule has 0 atom stereocenters. The Morgan fingerprint density at radius 3 is 2.67 bits per heavy atom. The van der Waals surface area contributed by atoms with Crippen LogP contribution in [0.25, 0.3) is 10.6 Å². The first-order valence-corrected chi connectivity index (χ1v) is 11.2. The van der Waals surface area contributed by atoms with E-state index < -0.39 is 0 Å². The summed E-state index contributed by atoms with van der Waals surface area (Å²) >= 11 is 1.65. The number of nitrogens with one attached hydrogen (secondary N) is 1. The molecule has 3 aromatic heterocycles. The van der Waals surface area contributed by atoms with Crippen LogP contribution >= 0.6 is 11.3 Å². The Hall–Kier alpha value is -2.80. The van der Waals surface area contributed by atoms with Gasteiger partial charge in [0, 0.05) is 31.4 Å². The fourth-order valence-electron chi connectivity index (χ4n) is 3.95. The molecule has 0 saturated heterocycles. The summed E-state index contributed by atoms with van der Waals surface area (Å²) in [6, 6.07) is 10.3. The number of aryl methyl sites for hydroxylation is 1. The quantitative estimate of drug-likeness (QED) is 0.587. The van der Waals surface area contributed by atoms with Crippen LogP contribution in [0, 0.1) is 12.8 Å². The molecule has 1 saturated carbocycles. The number of anilines is 3. The molecule has 1 fully saturated rings. The van der Waals surface area contributed by atoms with Crippen molar-refractivity contribution in [3.05, 3.63) is 48.3 Å². The van der Waals surface area contributed by atoms with E-state index in [9.17, 15) is 4.79 Å². The van der Waals surface area contributed by atoms with Gasteiger partial charge in [-0.05, 0) is 69.4 Å². The van der Waals surface area contributed by atoms with Crippen molar-refractivity contribution in [2.75, 3.05) is 17.3 Å². The molecule has 1 aliphatic carbocycles. The monoisotopic (exact) mass is 421 g/mol. The van der Waals surface area contributed by atoms with Crippen LogP contribution in [0.15, 0.2) is 42.7 Å². The lowest BCUT2D eigenvalue weighted by molar-refractivity contribution is -0.121. The SMILES string of the molecule is CC(=O)C1CCC(N(C)c2ncc(-c3cccc(Nc4cc(C)ccn4)n3)s2)CC1. The third kappa shape index (κ3) is 4.67. The van der Waals surface area contributed by atoms with Crippen LogP contribution in [0.3, 0.4) is 0 Å². The maximum Gasteiger partial charge on any atom is 0.185 e. The molecule has 0 bridgehead atoms. The lowest BCUT2D eigenvalue weighted by Gasteiger charge is -2.33. The smallest absolute Gasteiger partial charge is 0.185 e. The standard InChI is InChI=1S/C23H27N5OS/c1-15-11-12-24-22(13-15)27-21-6-4-5-19(26-21)20-14-25-23(30-20)28(3)18-9-7-17(8-10-18)16(2)29/h4-6,11-14,17-18H,7-10H2,1-3H3,(H,24,26,27). The van der Waals surface area contributed by atoms with Gasteiger partial charge in [-0.3, -0.25) is 4.79 Å². The first-order valence-electron chi connectivity index (χ1n) is 10.4. The van der Waals surface area contributed by atoms with Crippen LogP contribution < -0.4 is 10.2 Å². The van der Waals surface area contributed by atoms with Crippen molar-refractivity contribution < 1.29 is 4.79 Å². The molecule has 0 radical (unpaired) electrons. The van der Waals surface area contributed by atoms with Gasteiger partial charge in [-0.25, -0.2) is 15.0 Å². The zero-order chi connectivity index (χ0) is 21.1. The van der Waals surface area contributed by atoms with Crippen LogP contribution in [-0.2, 0) is 4.79 Å². The molecule has 3 aromatic rings. The zero-order valence-corrected chi connectivity index (χ0v) is 18.4. The van der Waals surface area contributed by atoms with Crippen LogP contribution in [0.2, 0.25) is 0 Å². The number of carbonyl (C=O) groups excluding carboxylic acids is 1. The predicted molar refractivity (Wildman–Crippen MR) is 122 cm³/mol. The number of carbonyl (C=O) groups is 1. The highest BCUT2D eigenvalue weighted by atomic mass is 32.1. The van der Waals surface area contributed by atoms with Crippen LogP contribution in [-0.4, -0.2) is 33.8 Å². The molecule has 30 heavy (non-hydrogen) atoms. The second kappa shape index (κ2) is 8.92. The number of ketones is 1. The van der Waals surface area contributed by atoms with Gasteiger partial charge in [0.05, 0.1) is 10.6 Å². The van der Waals surface area contributed by atoms with Gasteiger partial charge in [0.1, 0.15) is 17.4 Å². The average molecular weight is 422 g/mol. The highest BCUT2D eigenvalue weighted by molar-refractivity contribution is 7.18. The van der Waals surface area contributed by atoms with E-state index in [0.717, 1.165) is 58.6 Å². The molecule has 0 aliphatic heterocycles. The molecule has 3 heterocycles. The summed E-state index contributed by atoms with van der Waals surface area (Å²) in [4.78, 5) is 28.7. The lowest BCUT2D eigenvalue weighted by Crippen LogP contribution is -2.36. The maximum atomic E-state index is 11.6. The summed E-state index contributed by atoms with van der Waals surface area (Å²) in [5.74, 6) is 2.11. The van der Waals surface area contributed by atoms with E-state index in [2.05, 4.69) is 27.2 Å². The van der Waals surface area contributed by atoms with Crippen LogP contribution in [0.4, 0.5) is 16.8 Å². The van der Waals surface area contributed by atoms with Crippen LogP contribution in [0.1, 0.15) is 38.2 Å². The van der Waals surface area contributed by atoms with E-state index in [1.165, 1.54) is 0 Å². The van der Waals surface area contributed by atoms with Crippen molar-refractivity contribution in [3.63, 3.8) is 0 Å². The number of rotatable bonds is 6. The Morgan fingerprint density at radius 1 is 1.13 bits per heavy atom. The minimum absolute atomic E-state index is 0.240. The van der Waals surface area contributed by atoms with Gasteiger partial charge >= 0.3 is 0 Å². The molecule has 1 aliphatic rings. The number of nitrogens with zero attached hydrogens (tertiary/aromatic N) is 4. The molecule has 0 aromatic carbocycles. The third-order valence-electron chi connectivity index (χ3n) is 5.79. The van der Waals surface area contributed by atoms with Gasteiger partial charge in [-0.2, -0.15) is 0 Å². The van der Waals surface area contributed by atoms with Gasteiger partial charge in [-0.15, -0.1) is 0 Å². The Balaban J connectivity index is 1.45. The molecule has 0 unspecified atom stereocenters. The molecule has 6 nitrogen and oxygen atoms in total. The van der Waals surface area contributed by atoms with Gasteiger partial charge < -0.3 is 10.2 Å².